The summed E-state index contributed by atoms with van der Waals surface area (Å²) in [5.74, 6) is 0.889. The molecule has 1 aromatic heterocycles. The zero-order valence-corrected chi connectivity index (χ0v) is 14.6. The fraction of sp³-hybridized carbons (Fsp3) is 0.389. The average Bonchev–Trinajstić information content (AvgIpc) is 3.18. The van der Waals surface area contributed by atoms with E-state index in [2.05, 4.69) is 22.4 Å². The van der Waals surface area contributed by atoms with Gasteiger partial charge in [0.2, 0.25) is 5.91 Å². The Morgan fingerprint density at radius 1 is 1.20 bits per heavy atom. The first-order valence-electron chi connectivity index (χ1n) is 8.30. The van der Waals surface area contributed by atoms with Crippen molar-refractivity contribution >= 4 is 18.3 Å². The van der Waals surface area contributed by atoms with Crippen LogP contribution >= 0.6 is 12.4 Å². The molecule has 2 fully saturated rings. The Morgan fingerprint density at radius 3 is 2.76 bits per heavy atom. The van der Waals surface area contributed by atoms with E-state index < -0.39 is 0 Å². The first-order valence-corrected chi connectivity index (χ1v) is 8.30. The van der Waals surface area contributed by atoms with Gasteiger partial charge in [-0.25, -0.2) is 9.78 Å². The molecule has 25 heavy (non-hydrogen) atoms. The second kappa shape index (κ2) is 7.37. The van der Waals surface area contributed by atoms with E-state index in [0.717, 1.165) is 19.6 Å². The van der Waals surface area contributed by atoms with Gasteiger partial charge < -0.3 is 10.2 Å². The van der Waals surface area contributed by atoms with E-state index in [1.807, 2.05) is 23.1 Å². The molecule has 0 bridgehead atoms. The van der Waals surface area contributed by atoms with Crippen LogP contribution < -0.4 is 11.0 Å². The van der Waals surface area contributed by atoms with E-state index in [0.29, 0.717) is 11.8 Å². The predicted octanol–water partition coefficient (Wildman–Crippen LogP) is 1.08. The van der Waals surface area contributed by atoms with E-state index in [1.54, 1.807) is 12.3 Å². The summed E-state index contributed by atoms with van der Waals surface area (Å²) in [6, 6.07) is 11.9. The van der Waals surface area contributed by atoms with Crippen molar-refractivity contribution in [2.75, 3.05) is 19.6 Å². The molecule has 6 nitrogen and oxygen atoms in total. The van der Waals surface area contributed by atoms with Crippen LogP contribution in [0.1, 0.15) is 11.6 Å². The lowest BCUT2D eigenvalue weighted by Gasteiger charge is -2.28. The number of carbonyl (C=O) groups is 1. The van der Waals surface area contributed by atoms with Gasteiger partial charge in [0.25, 0.3) is 0 Å². The van der Waals surface area contributed by atoms with Crippen molar-refractivity contribution < 1.29 is 4.79 Å². The molecular formula is C18H21ClN4O2. The van der Waals surface area contributed by atoms with Crippen LogP contribution in [0.4, 0.5) is 0 Å². The third kappa shape index (κ3) is 3.32. The highest BCUT2D eigenvalue weighted by Crippen LogP contribution is 2.42. The number of hydrogen-bond acceptors (Lipinski definition) is 4. The van der Waals surface area contributed by atoms with Gasteiger partial charge in [0.15, 0.2) is 0 Å². The molecule has 1 N–H and O–H groups in total. The molecular weight excluding hydrogens is 340 g/mol. The van der Waals surface area contributed by atoms with Gasteiger partial charge >= 0.3 is 5.69 Å². The van der Waals surface area contributed by atoms with Crippen molar-refractivity contribution in [3.63, 3.8) is 0 Å². The largest absolute Gasteiger partial charge is 0.347 e. The fourth-order valence-electron chi connectivity index (χ4n) is 4.00. The molecule has 0 aliphatic carbocycles. The highest BCUT2D eigenvalue weighted by atomic mass is 35.5. The maximum atomic E-state index is 12.9. The van der Waals surface area contributed by atoms with Crippen LogP contribution in [-0.2, 0) is 11.3 Å². The number of halogens is 1. The maximum absolute atomic E-state index is 12.9. The summed E-state index contributed by atoms with van der Waals surface area (Å²) in [6.07, 6.45) is 3.06. The molecule has 3 heterocycles. The lowest BCUT2D eigenvalue weighted by Crippen LogP contribution is -2.38. The molecule has 1 amide bonds. The van der Waals surface area contributed by atoms with Crippen LogP contribution in [0.2, 0.25) is 0 Å². The predicted molar refractivity (Wildman–Crippen MR) is 96.5 cm³/mol. The molecule has 2 aromatic rings. The third-order valence-corrected chi connectivity index (χ3v) is 5.11. The van der Waals surface area contributed by atoms with E-state index in [1.165, 1.54) is 16.3 Å². The number of nitrogens with zero attached hydrogens (tertiary/aromatic N) is 3. The first kappa shape index (κ1) is 17.6. The molecule has 0 unspecified atom stereocenters. The van der Waals surface area contributed by atoms with Crippen molar-refractivity contribution in [1.82, 2.24) is 19.8 Å². The summed E-state index contributed by atoms with van der Waals surface area (Å²) < 4.78 is 1.37. The highest BCUT2D eigenvalue weighted by molar-refractivity contribution is 5.85. The SMILES string of the molecule is Cl.O=C(Cn1cccnc1=O)N1C[C@@H]2CNC[C@@H]2[C@@H]1c1ccccc1. The van der Waals surface area contributed by atoms with Gasteiger partial charge in [-0.3, -0.25) is 9.36 Å². The van der Waals surface area contributed by atoms with E-state index in [-0.39, 0.29) is 36.6 Å². The van der Waals surface area contributed by atoms with E-state index in [4.69, 9.17) is 0 Å². The molecule has 0 saturated carbocycles. The number of amides is 1. The van der Waals surface area contributed by atoms with Crippen LogP contribution in [0.5, 0.6) is 0 Å². The maximum Gasteiger partial charge on any atom is 0.347 e. The van der Waals surface area contributed by atoms with Crippen LogP contribution in [0.15, 0.2) is 53.6 Å². The molecule has 0 radical (unpaired) electrons. The van der Waals surface area contributed by atoms with Crippen molar-refractivity contribution in [1.29, 1.82) is 0 Å². The number of fused-ring (bicyclic) bond motifs is 1. The van der Waals surface area contributed by atoms with E-state index in [9.17, 15) is 9.59 Å². The van der Waals surface area contributed by atoms with Crippen molar-refractivity contribution in [2.24, 2.45) is 11.8 Å². The van der Waals surface area contributed by atoms with E-state index >= 15 is 0 Å². The smallest absolute Gasteiger partial charge is 0.333 e. The highest BCUT2D eigenvalue weighted by Gasteiger charge is 2.46. The van der Waals surface area contributed by atoms with Gasteiger partial charge in [-0.2, -0.15) is 0 Å². The number of benzene rings is 1. The van der Waals surface area contributed by atoms with Gasteiger partial charge in [0.05, 0.1) is 6.04 Å². The zero-order chi connectivity index (χ0) is 16.5. The number of hydrogen-bond donors (Lipinski definition) is 1. The van der Waals surface area contributed by atoms with Gasteiger partial charge in [0, 0.05) is 37.9 Å². The van der Waals surface area contributed by atoms with Crippen molar-refractivity contribution in [2.45, 2.75) is 12.6 Å². The van der Waals surface area contributed by atoms with Crippen molar-refractivity contribution in [3.05, 3.63) is 64.8 Å². The topological polar surface area (TPSA) is 67.2 Å². The van der Waals surface area contributed by atoms with Crippen LogP contribution in [-0.4, -0.2) is 40.0 Å². The summed E-state index contributed by atoms with van der Waals surface area (Å²) in [5.41, 5.74) is 0.781. The molecule has 2 aliphatic heterocycles. The summed E-state index contributed by atoms with van der Waals surface area (Å²) in [5, 5.41) is 3.44. The number of nitrogens with one attached hydrogen (secondary N) is 1. The quantitative estimate of drug-likeness (QED) is 0.889. The summed E-state index contributed by atoms with van der Waals surface area (Å²) in [6.45, 7) is 2.67. The molecule has 1 aromatic carbocycles. The normalized spacial score (nSPS) is 24.6. The molecule has 2 saturated heterocycles. The monoisotopic (exact) mass is 360 g/mol. The van der Waals surface area contributed by atoms with Gasteiger partial charge in [-0.15, -0.1) is 12.4 Å². The summed E-state index contributed by atoms with van der Waals surface area (Å²) in [7, 11) is 0. The Balaban J connectivity index is 0.00000182. The first-order chi connectivity index (χ1) is 11.7. The Bertz CT molecular complexity index is 795. The number of likely N-dealkylation sites (tertiary alicyclic amines) is 1. The fourth-order valence-corrected chi connectivity index (χ4v) is 4.00. The summed E-state index contributed by atoms with van der Waals surface area (Å²) >= 11 is 0. The Kier molecular flexibility index (Phi) is 5.20. The third-order valence-electron chi connectivity index (χ3n) is 5.11. The zero-order valence-electron chi connectivity index (χ0n) is 13.7. The standard InChI is InChI=1S/C18H20N4O2.ClH/c23-16(12-21-8-4-7-20-18(21)24)22-11-14-9-19-10-15(14)17(22)13-5-2-1-3-6-13;/h1-8,14-15,17,19H,9-12H2;1H/t14-,15-,17-;/m0./s1. The number of rotatable bonds is 3. The number of carbonyl (C=O) groups excluding carboxylic acids is 1. The lowest BCUT2D eigenvalue weighted by molar-refractivity contribution is -0.133. The van der Waals surface area contributed by atoms with Crippen LogP contribution in [0.25, 0.3) is 0 Å². The van der Waals surface area contributed by atoms with Crippen LogP contribution in [0.3, 0.4) is 0 Å². The Labute approximate surface area is 152 Å². The minimum atomic E-state index is -0.386. The Morgan fingerprint density at radius 2 is 2.00 bits per heavy atom. The second-order valence-corrected chi connectivity index (χ2v) is 6.51. The lowest BCUT2D eigenvalue weighted by atomic mass is 9.89. The molecule has 4 rings (SSSR count). The van der Waals surface area contributed by atoms with Gasteiger partial charge in [0.1, 0.15) is 6.54 Å². The Hall–Kier alpha value is -2.18. The number of aromatic nitrogens is 2. The van der Waals surface area contributed by atoms with Crippen LogP contribution in [0, 0.1) is 11.8 Å². The average molecular weight is 361 g/mol. The second-order valence-electron chi connectivity index (χ2n) is 6.51. The molecule has 2 aliphatic rings. The molecule has 3 atom stereocenters. The molecule has 132 valence electrons. The van der Waals surface area contributed by atoms with Crippen molar-refractivity contribution in [3.8, 4) is 0 Å². The van der Waals surface area contributed by atoms with Gasteiger partial charge in [-0.1, -0.05) is 30.3 Å². The molecule has 0 spiro atoms. The minimum Gasteiger partial charge on any atom is -0.333 e. The minimum absolute atomic E-state index is 0. The van der Waals surface area contributed by atoms with Gasteiger partial charge in [-0.05, 0) is 17.5 Å². The summed E-state index contributed by atoms with van der Waals surface area (Å²) in [4.78, 5) is 30.4. The molecule has 7 heteroatoms.